The van der Waals surface area contributed by atoms with E-state index in [1.807, 2.05) is 22.7 Å². The lowest BCUT2D eigenvalue weighted by Gasteiger charge is -2.23. The molecule has 1 aromatic carbocycles. The van der Waals surface area contributed by atoms with Crippen molar-refractivity contribution in [3.8, 4) is 17.1 Å². The maximum absolute atomic E-state index is 13.0. The first-order valence-corrected chi connectivity index (χ1v) is 10.6. The fourth-order valence-corrected chi connectivity index (χ4v) is 4.92. The number of nitrogens with zero attached hydrogens (tertiary/aromatic N) is 4. The van der Waals surface area contributed by atoms with Gasteiger partial charge in [0.25, 0.3) is 5.91 Å². The van der Waals surface area contributed by atoms with E-state index in [-0.39, 0.29) is 11.9 Å². The van der Waals surface area contributed by atoms with Crippen LogP contribution in [-0.2, 0) is 13.6 Å². The van der Waals surface area contributed by atoms with Crippen molar-refractivity contribution >= 4 is 17.5 Å². The fraction of sp³-hybridized carbons (Fsp3) is 0.391. The molecule has 0 spiro atoms. The van der Waals surface area contributed by atoms with Crippen LogP contribution in [0.5, 0.6) is 0 Å². The van der Waals surface area contributed by atoms with Crippen molar-refractivity contribution in [3.05, 3.63) is 57.9 Å². The lowest BCUT2D eigenvalue weighted by molar-refractivity contribution is 0.0697. The minimum absolute atomic E-state index is 0.0697. The van der Waals surface area contributed by atoms with E-state index < -0.39 is 0 Å². The molecule has 2 aromatic heterocycles. The summed E-state index contributed by atoms with van der Waals surface area (Å²) in [4.78, 5) is 14.9. The van der Waals surface area contributed by atoms with Gasteiger partial charge in [0.1, 0.15) is 0 Å². The predicted molar refractivity (Wildman–Crippen MR) is 115 cm³/mol. The average molecular weight is 409 g/mol. The standard InChI is InChI=1S/C23H25ClN4O/c1-13-5-6-14(2)28(13)21-11-20(26(4)25-21)17-9-18-12-27(15(3)16-7-8-16)23(29)22(18)19(24)10-17/h5-6,9-11,15-16H,7-8,12H2,1-4H3. The van der Waals surface area contributed by atoms with Crippen LogP contribution in [-0.4, -0.2) is 31.2 Å². The van der Waals surface area contributed by atoms with Gasteiger partial charge in [-0.05, 0) is 69.4 Å². The van der Waals surface area contributed by atoms with Gasteiger partial charge in [-0.3, -0.25) is 9.48 Å². The molecular formula is C23H25ClN4O. The number of benzene rings is 1. The topological polar surface area (TPSA) is 43.1 Å². The van der Waals surface area contributed by atoms with Gasteiger partial charge < -0.3 is 9.47 Å². The van der Waals surface area contributed by atoms with Crippen LogP contribution in [0.25, 0.3) is 17.1 Å². The van der Waals surface area contributed by atoms with Crippen LogP contribution in [0.1, 0.15) is 47.1 Å². The Bertz CT molecular complexity index is 1120. The molecule has 1 aliphatic carbocycles. The molecule has 5 nitrogen and oxygen atoms in total. The van der Waals surface area contributed by atoms with Crippen LogP contribution in [0.4, 0.5) is 0 Å². The first kappa shape index (κ1) is 18.5. The van der Waals surface area contributed by atoms with Crippen molar-refractivity contribution in [3.63, 3.8) is 0 Å². The van der Waals surface area contributed by atoms with Crippen LogP contribution in [0, 0.1) is 19.8 Å². The summed E-state index contributed by atoms with van der Waals surface area (Å²) in [6.45, 7) is 6.95. The molecular weight excluding hydrogens is 384 g/mol. The maximum Gasteiger partial charge on any atom is 0.256 e. The Balaban J connectivity index is 1.54. The van der Waals surface area contributed by atoms with Crippen LogP contribution in [0.2, 0.25) is 5.02 Å². The minimum Gasteiger partial charge on any atom is -0.331 e. The molecule has 1 aliphatic heterocycles. The van der Waals surface area contributed by atoms with Crippen LogP contribution in [0.15, 0.2) is 30.3 Å². The van der Waals surface area contributed by atoms with Crippen LogP contribution in [0.3, 0.4) is 0 Å². The van der Waals surface area contributed by atoms with Crippen molar-refractivity contribution in [2.75, 3.05) is 0 Å². The Labute approximate surface area is 175 Å². The Morgan fingerprint density at radius 3 is 2.48 bits per heavy atom. The zero-order valence-corrected chi connectivity index (χ0v) is 18.0. The summed E-state index contributed by atoms with van der Waals surface area (Å²) in [5.41, 5.74) is 5.96. The van der Waals surface area contributed by atoms with Gasteiger partial charge >= 0.3 is 0 Å². The Kier molecular flexibility index (Phi) is 4.14. The van der Waals surface area contributed by atoms with E-state index in [1.54, 1.807) is 0 Å². The average Bonchev–Trinajstić information content (AvgIpc) is 3.27. The number of fused-ring (bicyclic) bond motifs is 1. The van der Waals surface area contributed by atoms with Crippen molar-refractivity contribution in [2.45, 2.75) is 46.2 Å². The molecule has 1 unspecified atom stereocenters. The molecule has 1 fully saturated rings. The predicted octanol–water partition coefficient (Wildman–Crippen LogP) is 4.90. The van der Waals surface area contributed by atoms with E-state index in [4.69, 9.17) is 16.7 Å². The van der Waals surface area contributed by atoms with E-state index in [0.29, 0.717) is 23.0 Å². The summed E-state index contributed by atoms with van der Waals surface area (Å²) in [5.74, 6) is 1.60. The number of carbonyl (C=O) groups is 1. The smallest absolute Gasteiger partial charge is 0.256 e. The van der Waals surface area contributed by atoms with Gasteiger partial charge in [0, 0.05) is 42.7 Å². The maximum atomic E-state index is 13.0. The van der Waals surface area contributed by atoms with Crippen molar-refractivity contribution in [2.24, 2.45) is 13.0 Å². The summed E-state index contributed by atoms with van der Waals surface area (Å²) in [6, 6.07) is 10.6. The van der Waals surface area contributed by atoms with Gasteiger partial charge in [0.05, 0.1) is 16.3 Å². The molecule has 5 rings (SSSR count). The first-order chi connectivity index (χ1) is 13.8. The second kappa shape index (κ2) is 6.49. The largest absolute Gasteiger partial charge is 0.331 e. The van der Waals surface area contributed by atoms with Gasteiger partial charge in [-0.2, -0.15) is 5.10 Å². The highest BCUT2D eigenvalue weighted by molar-refractivity contribution is 6.34. The molecule has 3 heterocycles. The second-order valence-corrected chi connectivity index (χ2v) is 8.87. The number of hydrogen-bond acceptors (Lipinski definition) is 2. The number of amides is 1. The molecule has 0 saturated heterocycles. The quantitative estimate of drug-likeness (QED) is 0.616. The lowest BCUT2D eigenvalue weighted by Crippen LogP contribution is -2.34. The molecule has 3 aromatic rings. The minimum atomic E-state index is 0.0697. The highest BCUT2D eigenvalue weighted by Crippen LogP contribution is 2.41. The molecule has 1 atom stereocenters. The van der Waals surface area contributed by atoms with Crippen LogP contribution >= 0.6 is 11.6 Å². The van der Waals surface area contributed by atoms with Gasteiger partial charge in [-0.25, -0.2) is 0 Å². The number of halogens is 1. The van der Waals surface area contributed by atoms with E-state index in [0.717, 1.165) is 34.0 Å². The molecule has 150 valence electrons. The van der Waals surface area contributed by atoms with Crippen molar-refractivity contribution < 1.29 is 4.79 Å². The first-order valence-electron chi connectivity index (χ1n) is 10.2. The van der Waals surface area contributed by atoms with Gasteiger partial charge in [-0.15, -0.1) is 0 Å². The third kappa shape index (κ3) is 2.91. The van der Waals surface area contributed by atoms with Gasteiger partial charge in [0.15, 0.2) is 5.82 Å². The molecule has 0 N–H and O–H groups in total. The van der Waals surface area contributed by atoms with E-state index in [2.05, 4.69) is 49.6 Å². The molecule has 0 radical (unpaired) electrons. The van der Waals surface area contributed by atoms with E-state index in [9.17, 15) is 4.79 Å². The Morgan fingerprint density at radius 2 is 1.83 bits per heavy atom. The van der Waals surface area contributed by atoms with Crippen LogP contribution < -0.4 is 0 Å². The number of aromatic nitrogens is 3. The molecule has 29 heavy (non-hydrogen) atoms. The van der Waals surface area contributed by atoms with Gasteiger partial charge in [0.2, 0.25) is 0 Å². The van der Waals surface area contributed by atoms with E-state index >= 15 is 0 Å². The zero-order valence-electron chi connectivity index (χ0n) is 17.2. The molecule has 2 aliphatic rings. The highest BCUT2D eigenvalue weighted by Gasteiger charge is 2.39. The third-order valence-electron chi connectivity index (χ3n) is 6.45. The highest BCUT2D eigenvalue weighted by atomic mass is 35.5. The zero-order chi connectivity index (χ0) is 20.4. The SMILES string of the molecule is Cc1ccc(C)n1-c1cc(-c2cc(Cl)c3c(c2)CN(C(C)C2CC2)C3=O)n(C)n1. The summed E-state index contributed by atoms with van der Waals surface area (Å²) < 4.78 is 4.02. The number of carbonyl (C=O) groups excluding carboxylic acids is 1. The monoisotopic (exact) mass is 408 g/mol. The number of hydrogen-bond donors (Lipinski definition) is 0. The fourth-order valence-electron chi connectivity index (χ4n) is 4.60. The number of aryl methyl sites for hydroxylation is 3. The molecule has 1 amide bonds. The molecule has 1 saturated carbocycles. The van der Waals surface area contributed by atoms with Gasteiger partial charge in [-0.1, -0.05) is 11.6 Å². The summed E-state index contributed by atoms with van der Waals surface area (Å²) in [6.07, 6.45) is 2.44. The molecule has 0 bridgehead atoms. The lowest BCUT2D eigenvalue weighted by atomic mass is 10.0. The Morgan fingerprint density at radius 1 is 1.14 bits per heavy atom. The second-order valence-electron chi connectivity index (χ2n) is 8.47. The summed E-state index contributed by atoms with van der Waals surface area (Å²) in [7, 11) is 1.95. The number of rotatable bonds is 4. The summed E-state index contributed by atoms with van der Waals surface area (Å²) >= 11 is 6.61. The summed E-state index contributed by atoms with van der Waals surface area (Å²) in [5, 5.41) is 5.25. The molecule has 6 heteroatoms. The normalized spacial score (nSPS) is 17.1. The van der Waals surface area contributed by atoms with Crippen molar-refractivity contribution in [1.29, 1.82) is 0 Å². The third-order valence-corrected chi connectivity index (χ3v) is 6.74. The van der Waals surface area contributed by atoms with E-state index in [1.165, 1.54) is 12.8 Å². The Hall–Kier alpha value is -2.53. The van der Waals surface area contributed by atoms with Crippen molar-refractivity contribution in [1.82, 2.24) is 19.2 Å².